The molecular formula is C19H18N4O6S. The summed E-state index contributed by atoms with van der Waals surface area (Å²) >= 11 is 0. The summed E-state index contributed by atoms with van der Waals surface area (Å²) in [6, 6.07) is 9.96. The Kier molecular flexibility index (Phi) is 5.83. The molecule has 2 N–H and O–H groups in total. The Bertz CT molecular complexity index is 1220. The number of rotatable bonds is 6. The van der Waals surface area contributed by atoms with Gasteiger partial charge in [0.05, 0.1) is 25.3 Å². The largest absolute Gasteiger partial charge is 0.465 e. The molecule has 3 aromatic rings. The van der Waals surface area contributed by atoms with E-state index in [0.717, 1.165) is 13.2 Å². The van der Waals surface area contributed by atoms with Crippen molar-refractivity contribution in [1.29, 1.82) is 0 Å². The van der Waals surface area contributed by atoms with Gasteiger partial charge in [-0.05, 0) is 37.3 Å². The monoisotopic (exact) mass is 430 g/mol. The third kappa shape index (κ3) is 4.30. The maximum Gasteiger partial charge on any atom is 0.339 e. The normalized spacial score (nSPS) is 11.0. The molecule has 30 heavy (non-hydrogen) atoms. The van der Waals surface area contributed by atoms with Crippen molar-refractivity contribution in [3.63, 3.8) is 0 Å². The summed E-state index contributed by atoms with van der Waals surface area (Å²) in [6.07, 6.45) is 0. The lowest BCUT2D eigenvalue weighted by Crippen LogP contribution is -2.18. The first-order chi connectivity index (χ1) is 14.2. The van der Waals surface area contributed by atoms with Gasteiger partial charge in [0.25, 0.3) is 10.0 Å². The third-order valence-electron chi connectivity index (χ3n) is 4.07. The van der Waals surface area contributed by atoms with Crippen LogP contribution in [0.3, 0.4) is 0 Å². The summed E-state index contributed by atoms with van der Waals surface area (Å²) < 4.78 is 37.8. The van der Waals surface area contributed by atoms with Crippen LogP contribution in [0.25, 0.3) is 11.4 Å². The van der Waals surface area contributed by atoms with Gasteiger partial charge in [0.1, 0.15) is 10.7 Å². The van der Waals surface area contributed by atoms with Gasteiger partial charge in [-0.15, -0.1) is 0 Å². The molecule has 0 saturated carbocycles. The van der Waals surface area contributed by atoms with E-state index < -0.39 is 26.9 Å². The number of hydrogen-bond donors (Lipinski definition) is 2. The molecule has 1 heterocycles. The maximum absolute atomic E-state index is 13.0. The summed E-state index contributed by atoms with van der Waals surface area (Å²) in [7, 11) is -1.97. The quantitative estimate of drug-likeness (QED) is 0.567. The van der Waals surface area contributed by atoms with Crippen LogP contribution < -0.4 is 4.72 Å². The summed E-state index contributed by atoms with van der Waals surface area (Å²) in [5, 5.41) is 6.76. The van der Waals surface area contributed by atoms with E-state index in [0.29, 0.717) is 17.2 Å². The van der Waals surface area contributed by atoms with Gasteiger partial charge in [0, 0.05) is 11.3 Å². The van der Waals surface area contributed by atoms with Crippen LogP contribution in [-0.2, 0) is 19.5 Å². The van der Waals surface area contributed by atoms with E-state index in [1.807, 2.05) is 0 Å². The smallest absolute Gasteiger partial charge is 0.339 e. The lowest BCUT2D eigenvalue weighted by Gasteiger charge is -2.13. The Labute approximate surface area is 172 Å². The molecule has 0 spiro atoms. The molecule has 156 valence electrons. The highest BCUT2D eigenvalue weighted by Gasteiger charge is 2.25. The van der Waals surface area contributed by atoms with E-state index in [-0.39, 0.29) is 16.8 Å². The SMILES string of the molecule is COC(=O)c1ccc(C(=O)OC)c(S(=O)(=O)Nc2cccc(-c3n[nH]c(C)n3)c2)c1. The number of esters is 2. The average molecular weight is 430 g/mol. The first-order valence-electron chi connectivity index (χ1n) is 8.58. The Morgan fingerprint density at radius 3 is 2.40 bits per heavy atom. The molecule has 0 aliphatic rings. The third-order valence-corrected chi connectivity index (χ3v) is 5.49. The summed E-state index contributed by atoms with van der Waals surface area (Å²) in [5.74, 6) is -0.601. The Balaban J connectivity index is 2.03. The van der Waals surface area contributed by atoms with Crippen molar-refractivity contribution in [3.8, 4) is 11.4 Å². The average Bonchev–Trinajstić information content (AvgIpc) is 3.18. The van der Waals surface area contributed by atoms with Crippen molar-refractivity contribution in [2.24, 2.45) is 0 Å². The fourth-order valence-electron chi connectivity index (χ4n) is 2.67. The van der Waals surface area contributed by atoms with Crippen LogP contribution in [0.4, 0.5) is 5.69 Å². The van der Waals surface area contributed by atoms with Crippen LogP contribution in [0, 0.1) is 6.92 Å². The van der Waals surface area contributed by atoms with Crippen molar-refractivity contribution in [3.05, 3.63) is 59.4 Å². The highest BCUT2D eigenvalue weighted by molar-refractivity contribution is 7.92. The number of anilines is 1. The van der Waals surface area contributed by atoms with Gasteiger partial charge in [-0.25, -0.2) is 23.0 Å². The van der Waals surface area contributed by atoms with Gasteiger partial charge in [-0.1, -0.05) is 12.1 Å². The lowest BCUT2D eigenvalue weighted by molar-refractivity contribution is 0.0583. The molecule has 2 aromatic carbocycles. The number of hydrogen-bond acceptors (Lipinski definition) is 8. The molecule has 0 unspecified atom stereocenters. The summed E-state index contributed by atoms with van der Waals surface area (Å²) in [6.45, 7) is 1.74. The molecule has 0 aliphatic carbocycles. The van der Waals surface area contributed by atoms with Gasteiger partial charge >= 0.3 is 11.9 Å². The van der Waals surface area contributed by atoms with Crippen LogP contribution in [-0.4, -0.2) is 49.8 Å². The summed E-state index contributed by atoms with van der Waals surface area (Å²) in [5.41, 5.74) is 0.541. The van der Waals surface area contributed by atoms with Crippen LogP contribution in [0.15, 0.2) is 47.4 Å². The van der Waals surface area contributed by atoms with Crippen molar-refractivity contribution in [2.45, 2.75) is 11.8 Å². The number of aromatic amines is 1. The van der Waals surface area contributed by atoms with Gasteiger partial charge in [-0.3, -0.25) is 9.82 Å². The minimum Gasteiger partial charge on any atom is -0.465 e. The molecule has 0 radical (unpaired) electrons. The van der Waals surface area contributed by atoms with Crippen molar-refractivity contribution >= 4 is 27.6 Å². The van der Waals surface area contributed by atoms with E-state index in [1.165, 1.54) is 25.3 Å². The molecule has 0 saturated heterocycles. The van der Waals surface area contributed by atoms with Crippen LogP contribution in [0.1, 0.15) is 26.5 Å². The zero-order valence-corrected chi connectivity index (χ0v) is 17.1. The highest BCUT2D eigenvalue weighted by Crippen LogP contribution is 2.25. The van der Waals surface area contributed by atoms with E-state index in [2.05, 4.69) is 29.4 Å². The molecule has 0 bridgehead atoms. The molecule has 10 nitrogen and oxygen atoms in total. The second kappa shape index (κ2) is 8.33. The van der Waals surface area contributed by atoms with Crippen LogP contribution in [0.5, 0.6) is 0 Å². The van der Waals surface area contributed by atoms with E-state index >= 15 is 0 Å². The molecular weight excluding hydrogens is 412 g/mol. The minimum absolute atomic E-state index is 0.0320. The molecule has 0 aliphatic heterocycles. The van der Waals surface area contributed by atoms with E-state index in [9.17, 15) is 18.0 Å². The highest BCUT2D eigenvalue weighted by atomic mass is 32.2. The molecule has 0 fully saturated rings. The lowest BCUT2D eigenvalue weighted by atomic mass is 10.1. The second-order valence-electron chi connectivity index (χ2n) is 6.12. The van der Waals surface area contributed by atoms with Gasteiger partial charge < -0.3 is 9.47 Å². The Morgan fingerprint density at radius 2 is 1.77 bits per heavy atom. The van der Waals surface area contributed by atoms with Crippen LogP contribution >= 0.6 is 0 Å². The number of methoxy groups -OCH3 is 2. The number of nitrogens with one attached hydrogen (secondary N) is 2. The Morgan fingerprint density at radius 1 is 1.03 bits per heavy atom. The fraction of sp³-hybridized carbons (Fsp3) is 0.158. The van der Waals surface area contributed by atoms with Gasteiger partial charge in [0.2, 0.25) is 0 Å². The van der Waals surface area contributed by atoms with Crippen molar-refractivity contribution in [2.75, 3.05) is 18.9 Å². The molecule has 0 amide bonds. The molecule has 3 rings (SSSR count). The van der Waals surface area contributed by atoms with Crippen LogP contribution in [0.2, 0.25) is 0 Å². The number of aryl methyl sites for hydroxylation is 1. The number of nitrogens with zero attached hydrogens (tertiary/aromatic N) is 2. The number of sulfonamides is 1. The Hall–Kier alpha value is -3.73. The fourth-order valence-corrected chi connectivity index (χ4v) is 3.94. The topological polar surface area (TPSA) is 140 Å². The molecule has 11 heteroatoms. The number of H-pyrrole nitrogens is 1. The standard InChI is InChI=1S/C19H18N4O6S/c1-11-20-17(22-21-11)12-5-4-6-14(9-12)23-30(26,27)16-10-13(18(24)28-2)7-8-15(16)19(25)29-3/h4-10,23H,1-3H3,(H,20,21,22). The van der Waals surface area contributed by atoms with Crippen molar-refractivity contribution < 1.29 is 27.5 Å². The van der Waals surface area contributed by atoms with E-state index in [4.69, 9.17) is 0 Å². The second-order valence-corrected chi connectivity index (χ2v) is 7.78. The number of carbonyl (C=O) groups excluding carboxylic acids is 2. The predicted molar refractivity (Wildman–Crippen MR) is 106 cm³/mol. The van der Waals surface area contributed by atoms with Crippen molar-refractivity contribution in [1.82, 2.24) is 15.2 Å². The number of carbonyl (C=O) groups is 2. The molecule has 0 atom stereocenters. The zero-order chi connectivity index (χ0) is 21.9. The first kappa shape index (κ1) is 21.0. The first-order valence-corrected chi connectivity index (χ1v) is 10.1. The molecule has 1 aromatic heterocycles. The van der Waals surface area contributed by atoms with Gasteiger partial charge in [0.15, 0.2) is 5.82 Å². The predicted octanol–water partition coefficient (Wildman–Crippen LogP) is 2.15. The summed E-state index contributed by atoms with van der Waals surface area (Å²) in [4.78, 5) is 27.7. The minimum atomic E-state index is -4.26. The maximum atomic E-state index is 13.0. The number of aromatic nitrogens is 3. The van der Waals surface area contributed by atoms with E-state index in [1.54, 1.807) is 25.1 Å². The zero-order valence-electron chi connectivity index (χ0n) is 16.3. The van der Waals surface area contributed by atoms with Gasteiger partial charge in [-0.2, -0.15) is 5.10 Å². The number of benzene rings is 2. The number of ether oxygens (including phenoxy) is 2.